The molecule has 1 saturated heterocycles. The van der Waals surface area contributed by atoms with Crippen molar-refractivity contribution >= 4 is 0 Å². The van der Waals surface area contributed by atoms with E-state index in [2.05, 4.69) is 17.0 Å². The number of aliphatic hydroxyl groups is 1. The Balaban J connectivity index is 1.95. The summed E-state index contributed by atoms with van der Waals surface area (Å²) in [5.74, 6) is 0. The maximum atomic E-state index is 8.90. The number of rotatable bonds is 3. The van der Waals surface area contributed by atoms with Gasteiger partial charge in [0.2, 0.25) is 0 Å². The molecule has 14 heavy (non-hydrogen) atoms. The highest BCUT2D eigenvalue weighted by Crippen LogP contribution is 2.13. The zero-order valence-corrected chi connectivity index (χ0v) is 8.45. The highest BCUT2D eigenvalue weighted by atomic mass is 16.3. The topological polar surface area (TPSA) is 23.5 Å². The first-order chi connectivity index (χ1) is 6.88. The van der Waals surface area contributed by atoms with Gasteiger partial charge < -0.3 is 5.11 Å². The van der Waals surface area contributed by atoms with Crippen molar-refractivity contribution in [1.82, 2.24) is 4.90 Å². The van der Waals surface area contributed by atoms with Crippen molar-refractivity contribution in [3.63, 3.8) is 0 Å². The molecular weight excluding hydrogens is 174 g/mol. The van der Waals surface area contributed by atoms with E-state index < -0.39 is 0 Å². The summed E-state index contributed by atoms with van der Waals surface area (Å²) < 4.78 is 0. The van der Waals surface area contributed by atoms with Gasteiger partial charge in [0, 0.05) is 6.54 Å². The minimum absolute atomic E-state index is 0.143. The largest absolute Gasteiger partial charge is 0.392 e. The van der Waals surface area contributed by atoms with Gasteiger partial charge in [0.15, 0.2) is 0 Å². The molecule has 0 aromatic heterocycles. The molecule has 0 saturated carbocycles. The molecule has 1 aliphatic rings. The van der Waals surface area contributed by atoms with Crippen molar-refractivity contribution < 1.29 is 5.11 Å². The Bertz CT molecular complexity index is 275. The Labute approximate surface area is 85.2 Å². The van der Waals surface area contributed by atoms with Gasteiger partial charge >= 0.3 is 0 Å². The second-order valence-electron chi connectivity index (χ2n) is 3.96. The quantitative estimate of drug-likeness (QED) is 0.787. The van der Waals surface area contributed by atoms with Crippen LogP contribution in [-0.4, -0.2) is 23.1 Å². The first-order valence-corrected chi connectivity index (χ1v) is 5.29. The van der Waals surface area contributed by atoms with Gasteiger partial charge in [0.1, 0.15) is 0 Å². The van der Waals surface area contributed by atoms with E-state index in [1.807, 2.05) is 12.1 Å². The molecular formula is C12H17NO. The normalized spacial score (nSPS) is 17.5. The van der Waals surface area contributed by atoms with Crippen LogP contribution in [-0.2, 0) is 13.2 Å². The Kier molecular flexibility index (Phi) is 3.17. The molecule has 1 aliphatic heterocycles. The maximum Gasteiger partial charge on any atom is 0.0681 e. The van der Waals surface area contributed by atoms with Gasteiger partial charge in [-0.1, -0.05) is 24.3 Å². The van der Waals surface area contributed by atoms with E-state index in [1.165, 1.54) is 31.5 Å². The zero-order valence-electron chi connectivity index (χ0n) is 8.45. The van der Waals surface area contributed by atoms with Crippen LogP contribution in [0.2, 0.25) is 0 Å². The molecule has 2 heteroatoms. The molecule has 0 aliphatic carbocycles. The van der Waals surface area contributed by atoms with Crippen LogP contribution in [0.4, 0.5) is 0 Å². The fourth-order valence-corrected chi connectivity index (χ4v) is 1.95. The smallest absolute Gasteiger partial charge is 0.0681 e. The van der Waals surface area contributed by atoms with Crippen molar-refractivity contribution in [1.29, 1.82) is 0 Å². The lowest BCUT2D eigenvalue weighted by molar-refractivity contribution is 0.281. The van der Waals surface area contributed by atoms with Gasteiger partial charge in [-0.15, -0.1) is 0 Å². The van der Waals surface area contributed by atoms with E-state index in [4.69, 9.17) is 5.11 Å². The fourth-order valence-electron chi connectivity index (χ4n) is 1.95. The average Bonchev–Trinajstić information content (AvgIpc) is 2.72. The molecule has 0 radical (unpaired) electrons. The van der Waals surface area contributed by atoms with Crippen LogP contribution in [0.25, 0.3) is 0 Å². The van der Waals surface area contributed by atoms with Crippen molar-refractivity contribution in [2.45, 2.75) is 26.0 Å². The summed E-state index contributed by atoms with van der Waals surface area (Å²) in [5, 5.41) is 8.90. The van der Waals surface area contributed by atoms with E-state index >= 15 is 0 Å². The van der Waals surface area contributed by atoms with E-state index in [1.54, 1.807) is 0 Å². The fraction of sp³-hybridized carbons (Fsp3) is 0.500. The maximum absolute atomic E-state index is 8.90. The molecule has 0 spiro atoms. The lowest BCUT2D eigenvalue weighted by atomic mass is 10.1. The summed E-state index contributed by atoms with van der Waals surface area (Å²) in [6.45, 7) is 3.68. The predicted octanol–water partition coefficient (Wildman–Crippen LogP) is 1.77. The van der Waals surface area contributed by atoms with Gasteiger partial charge in [0.05, 0.1) is 6.61 Å². The minimum Gasteiger partial charge on any atom is -0.392 e. The van der Waals surface area contributed by atoms with Crippen LogP contribution >= 0.6 is 0 Å². The van der Waals surface area contributed by atoms with Crippen LogP contribution in [0, 0.1) is 0 Å². The molecule has 0 amide bonds. The van der Waals surface area contributed by atoms with Gasteiger partial charge in [0.25, 0.3) is 0 Å². The molecule has 1 heterocycles. The molecule has 0 atom stereocenters. The number of aliphatic hydroxyl groups excluding tert-OH is 1. The zero-order chi connectivity index (χ0) is 9.80. The summed E-state index contributed by atoms with van der Waals surface area (Å²) >= 11 is 0. The SMILES string of the molecule is OCc1ccc(CN2CCCC2)cc1. The second-order valence-corrected chi connectivity index (χ2v) is 3.96. The van der Waals surface area contributed by atoms with Crippen LogP contribution < -0.4 is 0 Å². The van der Waals surface area contributed by atoms with Crippen LogP contribution in [0.3, 0.4) is 0 Å². The number of hydrogen-bond acceptors (Lipinski definition) is 2. The standard InChI is InChI=1S/C12H17NO/c14-10-12-5-3-11(4-6-12)9-13-7-1-2-8-13/h3-6,14H,1-2,7-10H2. The molecule has 1 fully saturated rings. The Hall–Kier alpha value is -0.860. The summed E-state index contributed by atoms with van der Waals surface area (Å²) in [7, 11) is 0. The molecule has 1 aromatic rings. The molecule has 1 N–H and O–H groups in total. The molecule has 76 valence electrons. The van der Waals surface area contributed by atoms with Crippen molar-refractivity contribution in [2.24, 2.45) is 0 Å². The number of likely N-dealkylation sites (tertiary alicyclic amines) is 1. The van der Waals surface area contributed by atoms with Crippen LogP contribution in [0.1, 0.15) is 24.0 Å². The predicted molar refractivity (Wildman–Crippen MR) is 56.9 cm³/mol. The van der Waals surface area contributed by atoms with E-state index in [0.717, 1.165) is 12.1 Å². The molecule has 0 bridgehead atoms. The Morgan fingerprint density at radius 2 is 1.57 bits per heavy atom. The second kappa shape index (κ2) is 4.58. The third-order valence-electron chi connectivity index (χ3n) is 2.81. The minimum atomic E-state index is 0.143. The summed E-state index contributed by atoms with van der Waals surface area (Å²) in [6, 6.07) is 8.24. The van der Waals surface area contributed by atoms with Crippen molar-refractivity contribution in [3.05, 3.63) is 35.4 Å². The number of benzene rings is 1. The Morgan fingerprint density at radius 3 is 2.14 bits per heavy atom. The molecule has 2 rings (SSSR count). The van der Waals surface area contributed by atoms with Crippen molar-refractivity contribution in [2.75, 3.05) is 13.1 Å². The number of nitrogens with zero attached hydrogens (tertiary/aromatic N) is 1. The number of hydrogen-bond donors (Lipinski definition) is 1. The lowest BCUT2D eigenvalue weighted by Gasteiger charge is -2.14. The van der Waals surface area contributed by atoms with E-state index in [9.17, 15) is 0 Å². The molecule has 0 unspecified atom stereocenters. The van der Waals surface area contributed by atoms with E-state index in [-0.39, 0.29) is 6.61 Å². The first-order valence-electron chi connectivity index (χ1n) is 5.29. The van der Waals surface area contributed by atoms with Gasteiger partial charge in [-0.25, -0.2) is 0 Å². The van der Waals surface area contributed by atoms with Crippen LogP contribution in [0.15, 0.2) is 24.3 Å². The van der Waals surface area contributed by atoms with Crippen LogP contribution in [0.5, 0.6) is 0 Å². The van der Waals surface area contributed by atoms with E-state index in [0.29, 0.717) is 0 Å². The van der Waals surface area contributed by atoms with Gasteiger partial charge in [-0.2, -0.15) is 0 Å². The summed E-state index contributed by atoms with van der Waals surface area (Å²) in [4.78, 5) is 2.48. The average molecular weight is 191 g/mol. The lowest BCUT2D eigenvalue weighted by Crippen LogP contribution is -2.18. The highest BCUT2D eigenvalue weighted by Gasteiger charge is 2.11. The van der Waals surface area contributed by atoms with Crippen molar-refractivity contribution in [3.8, 4) is 0 Å². The molecule has 1 aromatic carbocycles. The van der Waals surface area contributed by atoms with Gasteiger partial charge in [-0.3, -0.25) is 4.90 Å². The first kappa shape index (κ1) is 9.69. The highest BCUT2D eigenvalue weighted by molar-refractivity contribution is 5.21. The monoisotopic (exact) mass is 191 g/mol. The van der Waals surface area contributed by atoms with Gasteiger partial charge in [-0.05, 0) is 37.1 Å². The Morgan fingerprint density at radius 1 is 1.00 bits per heavy atom. The third kappa shape index (κ3) is 2.34. The summed E-state index contributed by atoms with van der Waals surface area (Å²) in [6.07, 6.45) is 2.68. The molecule has 2 nitrogen and oxygen atoms in total. The third-order valence-corrected chi connectivity index (χ3v) is 2.81. The summed E-state index contributed by atoms with van der Waals surface area (Å²) in [5.41, 5.74) is 2.35.